The predicted molar refractivity (Wildman–Crippen MR) is 99.6 cm³/mol. The van der Waals surface area contributed by atoms with Gasteiger partial charge in [0.25, 0.3) is 6.47 Å². The van der Waals surface area contributed by atoms with Gasteiger partial charge >= 0.3 is 6.18 Å². The Morgan fingerprint density at radius 3 is 2.39 bits per heavy atom. The first-order chi connectivity index (χ1) is 12.9. The predicted octanol–water partition coefficient (Wildman–Crippen LogP) is 2.77. The number of ether oxygens (including phenoxy) is 1. The highest BCUT2D eigenvalue weighted by atomic mass is 19.4. The molecule has 0 aromatic carbocycles. The molecular weight excluding hydrogens is 375 g/mol. The molecule has 6 nitrogen and oxygen atoms in total. The molecule has 2 N–H and O–H groups in total. The average molecular weight is 405 g/mol. The van der Waals surface area contributed by atoms with E-state index in [4.69, 9.17) is 0 Å². The van der Waals surface area contributed by atoms with E-state index >= 15 is 0 Å². The van der Waals surface area contributed by atoms with Gasteiger partial charge < -0.3 is 15.2 Å². The topological polar surface area (TPSA) is 74.7 Å². The summed E-state index contributed by atoms with van der Waals surface area (Å²) in [6.45, 7) is 11.3. The van der Waals surface area contributed by atoms with Crippen molar-refractivity contribution in [1.29, 1.82) is 0 Å². The molecule has 0 aliphatic carbocycles. The maximum atomic E-state index is 12.6. The summed E-state index contributed by atoms with van der Waals surface area (Å²) in [7, 11) is 0. The molecule has 1 aromatic heterocycles. The van der Waals surface area contributed by atoms with E-state index in [9.17, 15) is 23.1 Å². The van der Waals surface area contributed by atoms with Gasteiger partial charge in [-0.2, -0.15) is 13.2 Å². The third-order valence-electron chi connectivity index (χ3n) is 4.24. The average Bonchev–Trinajstić information content (AvgIpc) is 2.58. The van der Waals surface area contributed by atoms with E-state index in [0.717, 1.165) is 25.4 Å². The molecule has 0 saturated carbocycles. The quantitative estimate of drug-likeness (QED) is 0.751. The summed E-state index contributed by atoms with van der Waals surface area (Å²) in [5.74, 6) is 0. The lowest BCUT2D eigenvalue weighted by molar-refractivity contribution is -0.139. The second kappa shape index (κ2) is 10.2. The molecule has 0 amide bonds. The highest BCUT2D eigenvalue weighted by Crippen LogP contribution is 2.30. The van der Waals surface area contributed by atoms with Gasteiger partial charge in [0, 0.05) is 31.4 Å². The first kappa shape index (κ1) is 24.3. The van der Waals surface area contributed by atoms with Crippen molar-refractivity contribution in [2.45, 2.75) is 64.5 Å². The number of hydrogen-bond acceptors (Lipinski definition) is 6. The van der Waals surface area contributed by atoms with Gasteiger partial charge in [-0.1, -0.05) is 0 Å². The minimum absolute atomic E-state index is 0.171. The number of alkyl halides is 3. The van der Waals surface area contributed by atoms with Crippen molar-refractivity contribution >= 4 is 6.47 Å². The minimum atomic E-state index is -4.39. The van der Waals surface area contributed by atoms with Crippen LogP contribution in [0.4, 0.5) is 13.2 Å². The molecule has 0 bridgehead atoms. The number of nitrogens with one attached hydrogen (secondary N) is 1. The summed E-state index contributed by atoms with van der Waals surface area (Å²) in [6.07, 6.45) is -3.56. The Kier molecular flexibility index (Phi) is 8.84. The maximum absolute atomic E-state index is 12.6. The molecule has 1 aliphatic rings. The van der Waals surface area contributed by atoms with Crippen LogP contribution >= 0.6 is 0 Å². The van der Waals surface area contributed by atoms with Crippen molar-refractivity contribution in [3.05, 3.63) is 29.6 Å². The van der Waals surface area contributed by atoms with Gasteiger partial charge in [-0.3, -0.25) is 14.7 Å². The van der Waals surface area contributed by atoms with Crippen LogP contribution in [0.5, 0.6) is 0 Å². The Morgan fingerprint density at radius 1 is 1.36 bits per heavy atom. The number of aliphatic hydroxyl groups is 1. The molecule has 0 spiro atoms. The third kappa shape index (κ3) is 7.73. The fourth-order valence-corrected chi connectivity index (χ4v) is 2.77. The van der Waals surface area contributed by atoms with Crippen molar-refractivity contribution in [3.8, 4) is 0 Å². The molecule has 1 fully saturated rings. The van der Waals surface area contributed by atoms with Crippen LogP contribution in [0.15, 0.2) is 18.3 Å². The van der Waals surface area contributed by atoms with Crippen LogP contribution < -0.4 is 5.32 Å². The first-order valence-corrected chi connectivity index (χ1v) is 9.13. The zero-order chi connectivity index (χ0) is 21.5. The van der Waals surface area contributed by atoms with Gasteiger partial charge in [0.15, 0.2) is 0 Å². The fraction of sp³-hybridized carbons (Fsp3) is 0.684. The van der Waals surface area contributed by atoms with Crippen LogP contribution in [-0.2, 0) is 15.7 Å². The van der Waals surface area contributed by atoms with Gasteiger partial charge in [0.05, 0.1) is 23.9 Å². The Balaban J connectivity index is 0.000000480. The van der Waals surface area contributed by atoms with E-state index in [-0.39, 0.29) is 30.3 Å². The van der Waals surface area contributed by atoms with E-state index in [1.54, 1.807) is 0 Å². The van der Waals surface area contributed by atoms with Crippen LogP contribution in [-0.4, -0.2) is 58.8 Å². The largest absolute Gasteiger partial charge is 0.462 e. The van der Waals surface area contributed by atoms with E-state index < -0.39 is 11.7 Å². The highest BCUT2D eigenvalue weighted by Gasteiger charge is 2.33. The summed E-state index contributed by atoms with van der Waals surface area (Å²) in [6, 6.07) is 2.43. The van der Waals surface area contributed by atoms with Gasteiger partial charge in [-0.15, -0.1) is 0 Å². The molecular formula is C19H30F3N3O3. The third-order valence-corrected chi connectivity index (χ3v) is 4.24. The number of carbonyl (C=O) groups excluding carboxylic acids is 1. The van der Waals surface area contributed by atoms with Crippen LogP contribution in [0, 0.1) is 0 Å². The van der Waals surface area contributed by atoms with Crippen molar-refractivity contribution in [2.75, 3.05) is 19.7 Å². The van der Waals surface area contributed by atoms with E-state index in [1.165, 1.54) is 6.07 Å². The lowest BCUT2D eigenvalue weighted by Gasteiger charge is -2.41. The molecule has 1 unspecified atom stereocenters. The standard InChI is InChI=1S/C14H20F3N3O.C5H10O2/c1-9-7-20(10(2)5-18-9)13(8-21)12-4-3-11(6-19-12)14(15,16)17;1-5(2,3)7-4-6/h3-4,6,9-10,13,18,21H,5,7-8H2,1-2H3;4H,1-3H3/t9-,10+,13?;/m0./s1. The molecule has 1 aromatic rings. The summed E-state index contributed by atoms with van der Waals surface area (Å²) < 4.78 is 42.2. The number of carbonyl (C=O) groups is 1. The number of rotatable bonds is 4. The van der Waals surface area contributed by atoms with Crippen molar-refractivity contribution in [2.24, 2.45) is 0 Å². The number of hydrogen-bond donors (Lipinski definition) is 2. The number of nitrogens with zero attached hydrogens (tertiary/aromatic N) is 2. The van der Waals surface area contributed by atoms with Gasteiger partial charge in [0.1, 0.15) is 5.60 Å². The van der Waals surface area contributed by atoms with Crippen molar-refractivity contribution in [3.63, 3.8) is 0 Å². The number of halogens is 3. The Labute approximate surface area is 164 Å². The zero-order valence-corrected chi connectivity index (χ0v) is 17.0. The summed E-state index contributed by atoms with van der Waals surface area (Å²) in [4.78, 5) is 15.6. The molecule has 1 aliphatic heterocycles. The normalized spacial score (nSPS) is 22.0. The SMILES string of the molecule is CC(C)(C)OC=O.C[C@@H]1CN[C@@H](C)CN1C(CO)c1ccc(C(F)(F)F)cn1. The molecule has 160 valence electrons. The lowest BCUT2D eigenvalue weighted by atomic mass is 10.0. The molecule has 0 radical (unpaired) electrons. The van der Waals surface area contributed by atoms with Crippen LogP contribution in [0.1, 0.15) is 51.9 Å². The van der Waals surface area contributed by atoms with Crippen LogP contribution in [0.2, 0.25) is 0 Å². The second-order valence-electron chi connectivity index (χ2n) is 7.85. The molecule has 28 heavy (non-hydrogen) atoms. The summed E-state index contributed by atoms with van der Waals surface area (Å²) in [5, 5.41) is 13.0. The highest BCUT2D eigenvalue weighted by molar-refractivity contribution is 5.37. The summed E-state index contributed by atoms with van der Waals surface area (Å²) >= 11 is 0. The van der Waals surface area contributed by atoms with Gasteiger partial charge in [0.2, 0.25) is 0 Å². The fourth-order valence-electron chi connectivity index (χ4n) is 2.77. The molecule has 1 saturated heterocycles. The number of pyridine rings is 1. The molecule has 2 heterocycles. The van der Waals surface area contributed by atoms with Gasteiger partial charge in [-0.25, -0.2) is 0 Å². The molecule has 9 heteroatoms. The summed E-state index contributed by atoms with van der Waals surface area (Å²) in [5.41, 5.74) is -0.627. The number of aliphatic hydroxyl groups excluding tert-OH is 1. The molecule has 2 rings (SSSR count). The van der Waals surface area contributed by atoms with E-state index in [2.05, 4.69) is 19.9 Å². The van der Waals surface area contributed by atoms with E-state index in [1.807, 2.05) is 34.6 Å². The Morgan fingerprint density at radius 2 is 2.00 bits per heavy atom. The smallest absolute Gasteiger partial charge is 0.417 e. The van der Waals surface area contributed by atoms with E-state index in [0.29, 0.717) is 12.2 Å². The Hall–Kier alpha value is -1.71. The first-order valence-electron chi connectivity index (χ1n) is 9.13. The number of aromatic nitrogens is 1. The zero-order valence-electron chi connectivity index (χ0n) is 17.0. The maximum Gasteiger partial charge on any atom is 0.417 e. The lowest BCUT2D eigenvalue weighted by Crippen LogP contribution is -2.55. The van der Waals surface area contributed by atoms with Crippen molar-refractivity contribution in [1.82, 2.24) is 15.2 Å². The number of piperazine rings is 1. The van der Waals surface area contributed by atoms with Crippen LogP contribution in [0.3, 0.4) is 0 Å². The van der Waals surface area contributed by atoms with Crippen molar-refractivity contribution < 1.29 is 27.8 Å². The second-order valence-corrected chi connectivity index (χ2v) is 7.85. The van der Waals surface area contributed by atoms with Crippen LogP contribution in [0.25, 0.3) is 0 Å². The van der Waals surface area contributed by atoms with Gasteiger partial charge in [-0.05, 0) is 46.8 Å². The monoisotopic (exact) mass is 405 g/mol. The minimum Gasteiger partial charge on any atom is -0.462 e. The molecule has 3 atom stereocenters. The Bertz CT molecular complexity index is 603.